The number of allylic oxidation sites excluding steroid dienone is 1. The van der Waals surface area contributed by atoms with Gasteiger partial charge in [0.15, 0.2) is 0 Å². The van der Waals surface area contributed by atoms with Crippen molar-refractivity contribution in [3.63, 3.8) is 0 Å². The van der Waals surface area contributed by atoms with Crippen LogP contribution in [-0.4, -0.2) is 6.04 Å². The molecule has 0 amide bonds. The van der Waals surface area contributed by atoms with E-state index in [2.05, 4.69) is 6.58 Å². The van der Waals surface area contributed by atoms with E-state index in [1.165, 1.54) is 25.7 Å². The first-order valence-electron chi connectivity index (χ1n) is 4.21. The van der Waals surface area contributed by atoms with Crippen molar-refractivity contribution < 1.29 is 0 Å². The predicted octanol–water partition coefficient (Wildman–Crippen LogP) is 2.08. The lowest BCUT2D eigenvalue weighted by molar-refractivity contribution is 0.310. The van der Waals surface area contributed by atoms with Gasteiger partial charge in [0.2, 0.25) is 0 Å². The first-order valence-corrected chi connectivity index (χ1v) is 4.21. The summed E-state index contributed by atoms with van der Waals surface area (Å²) in [4.78, 5) is 0. The third-order valence-electron chi connectivity index (χ3n) is 2.44. The maximum atomic E-state index is 5.92. The Kier molecular flexibility index (Phi) is 2.94. The third kappa shape index (κ3) is 1.84. The van der Waals surface area contributed by atoms with Gasteiger partial charge < -0.3 is 5.73 Å². The van der Waals surface area contributed by atoms with Crippen LogP contribution in [0.25, 0.3) is 0 Å². The molecule has 1 nitrogen and oxygen atoms in total. The van der Waals surface area contributed by atoms with Crippen LogP contribution < -0.4 is 5.73 Å². The van der Waals surface area contributed by atoms with Crippen molar-refractivity contribution in [2.45, 2.75) is 38.1 Å². The van der Waals surface area contributed by atoms with E-state index in [-0.39, 0.29) is 0 Å². The molecule has 1 saturated carbocycles. The summed E-state index contributed by atoms with van der Waals surface area (Å²) in [7, 11) is 0. The van der Waals surface area contributed by atoms with Crippen LogP contribution in [0.3, 0.4) is 0 Å². The molecule has 0 radical (unpaired) electrons. The molecule has 2 unspecified atom stereocenters. The highest BCUT2D eigenvalue weighted by atomic mass is 14.7. The Morgan fingerprint density at radius 3 is 2.70 bits per heavy atom. The van der Waals surface area contributed by atoms with Crippen LogP contribution in [0.2, 0.25) is 0 Å². The summed E-state index contributed by atoms with van der Waals surface area (Å²) < 4.78 is 0. The maximum absolute atomic E-state index is 5.92. The van der Waals surface area contributed by atoms with Crippen molar-refractivity contribution in [3.05, 3.63) is 12.7 Å². The molecule has 10 heavy (non-hydrogen) atoms. The van der Waals surface area contributed by atoms with E-state index in [4.69, 9.17) is 5.73 Å². The van der Waals surface area contributed by atoms with Crippen LogP contribution in [0.1, 0.15) is 32.1 Å². The van der Waals surface area contributed by atoms with Gasteiger partial charge in [0.05, 0.1) is 0 Å². The van der Waals surface area contributed by atoms with Crippen molar-refractivity contribution in [3.8, 4) is 0 Å². The number of nitrogens with two attached hydrogens (primary N) is 1. The fraction of sp³-hybridized carbons (Fsp3) is 0.778. The van der Waals surface area contributed by atoms with E-state index in [1.54, 1.807) is 0 Å². The Morgan fingerprint density at radius 1 is 1.40 bits per heavy atom. The minimum Gasteiger partial charge on any atom is -0.327 e. The fourth-order valence-electron chi connectivity index (χ4n) is 1.74. The highest BCUT2D eigenvalue weighted by Gasteiger charge is 2.19. The van der Waals surface area contributed by atoms with Crippen molar-refractivity contribution in [1.82, 2.24) is 0 Å². The van der Waals surface area contributed by atoms with E-state index in [9.17, 15) is 0 Å². The SMILES string of the molecule is C=CCC1CCCCC1N. The second kappa shape index (κ2) is 3.77. The van der Waals surface area contributed by atoms with E-state index >= 15 is 0 Å². The Labute approximate surface area is 63.3 Å². The normalized spacial score (nSPS) is 33.7. The molecule has 0 aromatic rings. The highest BCUT2D eigenvalue weighted by Crippen LogP contribution is 2.25. The molecule has 0 heterocycles. The summed E-state index contributed by atoms with van der Waals surface area (Å²) in [6.07, 6.45) is 8.34. The van der Waals surface area contributed by atoms with Crippen LogP contribution in [0.15, 0.2) is 12.7 Å². The summed E-state index contributed by atoms with van der Waals surface area (Å²) in [5.74, 6) is 0.728. The Hall–Kier alpha value is -0.300. The van der Waals surface area contributed by atoms with Gasteiger partial charge in [-0.15, -0.1) is 6.58 Å². The Morgan fingerprint density at radius 2 is 2.10 bits per heavy atom. The lowest BCUT2D eigenvalue weighted by atomic mass is 9.83. The summed E-state index contributed by atoms with van der Waals surface area (Å²) in [6.45, 7) is 3.73. The Bertz CT molecular complexity index is 109. The fourth-order valence-corrected chi connectivity index (χ4v) is 1.74. The average molecular weight is 139 g/mol. The lowest BCUT2D eigenvalue weighted by Gasteiger charge is -2.27. The van der Waals surface area contributed by atoms with Crippen LogP contribution in [0, 0.1) is 5.92 Å². The number of hydrogen-bond donors (Lipinski definition) is 1. The molecule has 1 aliphatic carbocycles. The van der Waals surface area contributed by atoms with Gasteiger partial charge >= 0.3 is 0 Å². The van der Waals surface area contributed by atoms with Gasteiger partial charge in [-0.2, -0.15) is 0 Å². The molecule has 1 aliphatic rings. The number of hydrogen-bond acceptors (Lipinski definition) is 1. The van der Waals surface area contributed by atoms with Crippen molar-refractivity contribution in [2.75, 3.05) is 0 Å². The molecule has 0 aromatic heterocycles. The molecule has 1 fully saturated rings. The van der Waals surface area contributed by atoms with Crippen molar-refractivity contribution >= 4 is 0 Å². The molecule has 1 rings (SSSR count). The zero-order chi connectivity index (χ0) is 7.40. The van der Waals surface area contributed by atoms with Crippen molar-refractivity contribution in [2.24, 2.45) is 11.7 Å². The molecule has 0 bridgehead atoms. The predicted molar refractivity (Wildman–Crippen MR) is 44.7 cm³/mol. The van der Waals surface area contributed by atoms with Gasteiger partial charge in [-0.25, -0.2) is 0 Å². The molecule has 0 aromatic carbocycles. The molecule has 58 valence electrons. The van der Waals surface area contributed by atoms with Gasteiger partial charge in [-0.1, -0.05) is 18.9 Å². The largest absolute Gasteiger partial charge is 0.327 e. The summed E-state index contributed by atoms with van der Waals surface area (Å²) in [6, 6.07) is 0.451. The monoisotopic (exact) mass is 139 g/mol. The van der Waals surface area contributed by atoms with Gasteiger partial charge in [0.1, 0.15) is 0 Å². The van der Waals surface area contributed by atoms with Crippen LogP contribution in [-0.2, 0) is 0 Å². The van der Waals surface area contributed by atoms with E-state index in [0.717, 1.165) is 12.3 Å². The molecule has 0 aliphatic heterocycles. The molecule has 2 atom stereocenters. The standard InChI is InChI=1S/C9H17N/c1-2-5-8-6-3-4-7-9(8)10/h2,8-9H,1,3-7,10H2. The average Bonchev–Trinajstić information content (AvgIpc) is 1.94. The summed E-state index contributed by atoms with van der Waals surface area (Å²) in [5.41, 5.74) is 5.92. The van der Waals surface area contributed by atoms with Gasteiger partial charge in [-0.05, 0) is 25.2 Å². The van der Waals surface area contributed by atoms with Crippen molar-refractivity contribution in [1.29, 1.82) is 0 Å². The van der Waals surface area contributed by atoms with Gasteiger partial charge in [0, 0.05) is 6.04 Å². The maximum Gasteiger partial charge on any atom is 0.00701 e. The molecule has 1 heteroatoms. The second-order valence-electron chi connectivity index (χ2n) is 3.23. The molecule has 2 N–H and O–H groups in total. The highest BCUT2D eigenvalue weighted by molar-refractivity contribution is 4.83. The minimum atomic E-state index is 0.451. The van der Waals surface area contributed by atoms with Crippen LogP contribution in [0.4, 0.5) is 0 Å². The zero-order valence-corrected chi connectivity index (χ0v) is 6.55. The Balaban J connectivity index is 2.32. The third-order valence-corrected chi connectivity index (χ3v) is 2.44. The molecular weight excluding hydrogens is 122 g/mol. The molecular formula is C9H17N. The zero-order valence-electron chi connectivity index (χ0n) is 6.55. The quantitative estimate of drug-likeness (QED) is 0.582. The topological polar surface area (TPSA) is 26.0 Å². The molecule has 0 saturated heterocycles. The number of rotatable bonds is 2. The van der Waals surface area contributed by atoms with E-state index in [0.29, 0.717) is 6.04 Å². The van der Waals surface area contributed by atoms with Crippen LogP contribution in [0.5, 0.6) is 0 Å². The first kappa shape index (κ1) is 7.80. The smallest absolute Gasteiger partial charge is 0.00701 e. The van der Waals surface area contributed by atoms with Crippen LogP contribution >= 0.6 is 0 Å². The van der Waals surface area contributed by atoms with E-state index < -0.39 is 0 Å². The first-order chi connectivity index (χ1) is 4.84. The molecule has 0 spiro atoms. The second-order valence-corrected chi connectivity index (χ2v) is 3.23. The van der Waals surface area contributed by atoms with E-state index in [1.807, 2.05) is 6.08 Å². The van der Waals surface area contributed by atoms with Gasteiger partial charge in [-0.3, -0.25) is 0 Å². The lowest BCUT2D eigenvalue weighted by Crippen LogP contribution is -2.32. The minimum absolute atomic E-state index is 0.451. The van der Waals surface area contributed by atoms with Gasteiger partial charge in [0.25, 0.3) is 0 Å². The summed E-state index contributed by atoms with van der Waals surface area (Å²) >= 11 is 0. The summed E-state index contributed by atoms with van der Waals surface area (Å²) in [5, 5.41) is 0.